The van der Waals surface area contributed by atoms with Gasteiger partial charge in [0.2, 0.25) is 5.91 Å². The van der Waals surface area contributed by atoms with Crippen molar-refractivity contribution in [3.63, 3.8) is 0 Å². The Bertz CT molecular complexity index is 767. The zero-order chi connectivity index (χ0) is 17.8. The van der Waals surface area contributed by atoms with Crippen LogP contribution in [0.15, 0.2) is 34.0 Å². The third-order valence-corrected chi connectivity index (χ3v) is 6.40. The Hall–Kier alpha value is -1.86. The Morgan fingerprint density at radius 2 is 1.84 bits per heavy atom. The van der Waals surface area contributed by atoms with Crippen molar-refractivity contribution in [2.24, 2.45) is 0 Å². The van der Waals surface area contributed by atoms with Crippen molar-refractivity contribution < 1.29 is 9.59 Å². The zero-order valence-corrected chi connectivity index (χ0v) is 16.0. The van der Waals surface area contributed by atoms with E-state index in [0.29, 0.717) is 26.2 Å². The molecule has 0 N–H and O–H groups in total. The van der Waals surface area contributed by atoms with Crippen molar-refractivity contribution in [3.8, 4) is 0 Å². The summed E-state index contributed by atoms with van der Waals surface area (Å²) < 4.78 is 1.02. The molecule has 7 heteroatoms. The number of rotatable bonds is 4. The molecular formula is C18H21N3O2S2. The van der Waals surface area contributed by atoms with E-state index in [9.17, 15) is 9.59 Å². The molecule has 25 heavy (non-hydrogen) atoms. The third-order valence-electron chi connectivity index (χ3n) is 4.21. The van der Waals surface area contributed by atoms with Gasteiger partial charge in [-0.05, 0) is 18.6 Å². The van der Waals surface area contributed by atoms with Crippen LogP contribution < -0.4 is 0 Å². The van der Waals surface area contributed by atoms with E-state index in [1.165, 1.54) is 0 Å². The molecule has 132 valence electrons. The van der Waals surface area contributed by atoms with Gasteiger partial charge >= 0.3 is 0 Å². The number of nitrogens with zero attached hydrogens (tertiary/aromatic N) is 3. The summed E-state index contributed by atoms with van der Waals surface area (Å²) in [6, 6.07) is 7.77. The molecule has 0 bridgehead atoms. The highest BCUT2D eigenvalue weighted by Gasteiger charge is 2.24. The molecule has 2 aromatic rings. The number of carbonyl (C=O) groups is 2. The number of hydrogen-bond acceptors (Lipinski definition) is 5. The number of thioether (sulfide) groups is 1. The van der Waals surface area contributed by atoms with Crippen LogP contribution in [0.1, 0.15) is 28.5 Å². The molecule has 0 saturated carbocycles. The zero-order valence-electron chi connectivity index (χ0n) is 14.4. The number of aromatic nitrogens is 1. The number of benzene rings is 1. The molecule has 0 spiro atoms. The van der Waals surface area contributed by atoms with Crippen LogP contribution in [-0.4, -0.2) is 52.8 Å². The number of amides is 2. The maximum absolute atomic E-state index is 12.9. The summed E-state index contributed by atoms with van der Waals surface area (Å²) in [6.07, 6.45) is 0. The molecule has 2 heterocycles. The van der Waals surface area contributed by atoms with Crippen molar-refractivity contribution >= 4 is 34.9 Å². The average Bonchev–Trinajstić information content (AvgIpc) is 3.05. The third kappa shape index (κ3) is 4.41. The fraction of sp³-hybridized carbons (Fsp3) is 0.389. The molecule has 1 aromatic heterocycles. The van der Waals surface area contributed by atoms with E-state index in [2.05, 4.69) is 4.98 Å². The van der Waals surface area contributed by atoms with E-state index >= 15 is 0 Å². The van der Waals surface area contributed by atoms with Crippen molar-refractivity contribution in [1.29, 1.82) is 0 Å². The lowest BCUT2D eigenvalue weighted by atomic mass is 10.1. The summed E-state index contributed by atoms with van der Waals surface area (Å²) >= 11 is 3.29. The molecule has 0 radical (unpaired) electrons. The van der Waals surface area contributed by atoms with Crippen LogP contribution in [0.3, 0.4) is 0 Å². The van der Waals surface area contributed by atoms with E-state index in [4.69, 9.17) is 0 Å². The SMILES string of the molecule is CC(=O)N1CCN(C(=O)c2ccccc2CSc2nc(C)cs2)CC1. The Labute approximate surface area is 156 Å². The quantitative estimate of drug-likeness (QED) is 0.771. The maximum atomic E-state index is 12.9. The number of carbonyl (C=O) groups excluding carboxylic acids is 2. The molecule has 1 saturated heterocycles. The highest BCUT2D eigenvalue weighted by molar-refractivity contribution is 8.00. The van der Waals surface area contributed by atoms with Crippen molar-refractivity contribution in [2.45, 2.75) is 23.9 Å². The van der Waals surface area contributed by atoms with Gasteiger partial charge in [0.15, 0.2) is 0 Å². The molecule has 0 aliphatic carbocycles. The standard InChI is InChI=1S/C18H21N3O2S2/c1-13-11-24-18(19-13)25-12-15-5-3-4-6-16(15)17(23)21-9-7-20(8-10-21)14(2)22/h3-6,11H,7-10,12H2,1-2H3. The number of aryl methyl sites for hydroxylation is 1. The summed E-state index contributed by atoms with van der Waals surface area (Å²) in [4.78, 5) is 32.4. The van der Waals surface area contributed by atoms with Crippen LogP contribution in [-0.2, 0) is 10.5 Å². The van der Waals surface area contributed by atoms with Gasteiger partial charge < -0.3 is 9.80 Å². The summed E-state index contributed by atoms with van der Waals surface area (Å²) in [7, 11) is 0. The molecule has 3 rings (SSSR count). The lowest BCUT2D eigenvalue weighted by Gasteiger charge is -2.34. The average molecular weight is 376 g/mol. The fourth-order valence-electron chi connectivity index (χ4n) is 2.79. The second-order valence-electron chi connectivity index (χ2n) is 6.00. The fourth-order valence-corrected chi connectivity index (χ4v) is 4.64. The van der Waals surface area contributed by atoms with Crippen molar-refractivity contribution in [1.82, 2.24) is 14.8 Å². The molecule has 1 aromatic carbocycles. The van der Waals surface area contributed by atoms with Gasteiger partial charge in [-0.1, -0.05) is 30.0 Å². The minimum Gasteiger partial charge on any atom is -0.339 e. The predicted molar refractivity (Wildman–Crippen MR) is 101 cm³/mol. The van der Waals surface area contributed by atoms with Gasteiger partial charge in [0.05, 0.1) is 0 Å². The summed E-state index contributed by atoms with van der Waals surface area (Å²) in [5, 5.41) is 2.04. The molecular weight excluding hydrogens is 354 g/mol. The smallest absolute Gasteiger partial charge is 0.254 e. The lowest BCUT2D eigenvalue weighted by Crippen LogP contribution is -2.50. The topological polar surface area (TPSA) is 53.5 Å². The van der Waals surface area contributed by atoms with E-state index in [1.807, 2.05) is 41.5 Å². The first-order valence-electron chi connectivity index (χ1n) is 8.22. The van der Waals surface area contributed by atoms with Crippen LogP contribution >= 0.6 is 23.1 Å². The van der Waals surface area contributed by atoms with Crippen LogP contribution in [0.4, 0.5) is 0 Å². The molecule has 0 atom stereocenters. The first-order valence-corrected chi connectivity index (χ1v) is 10.1. The van der Waals surface area contributed by atoms with E-state index < -0.39 is 0 Å². The molecule has 0 unspecified atom stereocenters. The molecule has 5 nitrogen and oxygen atoms in total. The normalized spacial score (nSPS) is 14.6. The summed E-state index contributed by atoms with van der Waals surface area (Å²) in [6.45, 7) is 5.95. The summed E-state index contributed by atoms with van der Waals surface area (Å²) in [5.41, 5.74) is 2.80. The number of hydrogen-bond donors (Lipinski definition) is 0. The molecule has 2 amide bonds. The van der Waals surface area contributed by atoms with Gasteiger partial charge in [0, 0.05) is 55.5 Å². The first kappa shape index (κ1) is 17.9. The van der Waals surface area contributed by atoms with E-state index in [1.54, 1.807) is 34.9 Å². The van der Waals surface area contributed by atoms with Gasteiger partial charge in [0.25, 0.3) is 5.91 Å². The Kier molecular flexibility index (Phi) is 5.75. The van der Waals surface area contributed by atoms with Gasteiger partial charge in [0.1, 0.15) is 4.34 Å². The first-order chi connectivity index (χ1) is 12.0. The Morgan fingerprint density at radius 1 is 1.16 bits per heavy atom. The van der Waals surface area contributed by atoms with Crippen LogP contribution in [0.25, 0.3) is 0 Å². The second-order valence-corrected chi connectivity index (χ2v) is 8.08. The molecule has 1 aliphatic rings. The van der Waals surface area contributed by atoms with Crippen LogP contribution in [0, 0.1) is 6.92 Å². The summed E-state index contributed by atoms with van der Waals surface area (Å²) in [5.74, 6) is 0.847. The lowest BCUT2D eigenvalue weighted by molar-refractivity contribution is -0.130. The largest absolute Gasteiger partial charge is 0.339 e. The maximum Gasteiger partial charge on any atom is 0.254 e. The Morgan fingerprint density at radius 3 is 2.48 bits per heavy atom. The highest BCUT2D eigenvalue weighted by Crippen LogP contribution is 2.27. The van der Waals surface area contributed by atoms with Crippen LogP contribution in [0.5, 0.6) is 0 Å². The molecule has 1 aliphatic heterocycles. The minimum atomic E-state index is 0.0507. The van der Waals surface area contributed by atoms with Gasteiger partial charge in [-0.2, -0.15) is 0 Å². The van der Waals surface area contributed by atoms with Crippen molar-refractivity contribution in [2.75, 3.05) is 26.2 Å². The minimum absolute atomic E-state index is 0.0507. The van der Waals surface area contributed by atoms with Gasteiger partial charge in [-0.25, -0.2) is 4.98 Å². The monoisotopic (exact) mass is 375 g/mol. The highest BCUT2D eigenvalue weighted by atomic mass is 32.2. The van der Waals surface area contributed by atoms with Gasteiger partial charge in [-0.15, -0.1) is 11.3 Å². The Balaban J connectivity index is 1.67. The van der Waals surface area contributed by atoms with E-state index in [0.717, 1.165) is 26.9 Å². The number of thiazole rings is 1. The molecule has 1 fully saturated rings. The second kappa shape index (κ2) is 8.01. The predicted octanol–water partition coefficient (Wildman–Crippen LogP) is 3.05. The number of piperazine rings is 1. The van der Waals surface area contributed by atoms with Crippen LogP contribution in [0.2, 0.25) is 0 Å². The van der Waals surface area contributed by atoms with Gasteiger partial charge in [-0.3, -0.25) is 9.59 Å². The van der Waals surface area contributed by atoms with Crippen molar-refractivity contribution in [3.05, 3.63) is 46.5 Å². The van der Waals surface area contributed by atoms with E-state index in [-0.39, 0.29) is 11.8 Å².